The molecule has 6 nitrogen and oxygen atoms in total. The number of benzene rings is 1. The summed E-state index contributed by atoms with van der Waals surface area (Å²) in [7, 11) is 3.49. The first-order valence-electron chi connectivity index (χ1n) is 6.66. The summed E-state index contributed by atoms with van der Waals surface area (Å²) in [5.41, 5.74) is 0.709. The monoisotopic (exact) mass is 279 g/mol. The van der Waals surface area contributed by atoms with Crippen molar-refractivity contribution in [3.8, 4) is 11.5 Å². The molecule has 20 heavy (non-hydrogen) atoms. The highest BCUT2D eigenvalue weighted by Gasteiger charge is 2.30. The quantitative estimate of drug-likeness (QED) is 0.724. The number of likely N-dealkylation sites (N-methyl/N-ethyl adjacent to an activating group) is 1. The van der Waals surface area contributed by atoms with E-state index in [9.17, 15) is 15.0 Å². The fourth-order valence-electron chi connectivity index (χ4n) is 2.38. The van der Waals surface area contributed by atoms with Crippen LogP contribution in [0.25, 0.3) is 0 Å². The van der Waals surface area contributed by atoms with Gasteiger partial charge in [-0.15, -0.1) is 0 Å². The van der Waals surface area contributed by atoms with Gasteiger partial charge < -0.3 is 20.4 Å². The Morgan fingerprint density at radius 2 is 2.20 bits per heavy atom. The molecule has 0 bridgehead atoms. The predicted octanol–water partition coefficient (Wildman–Crippen LogP) is -0.0402. The number of nitrogens with one attached hydrogen (secondary N) is 1. The molecule has 6 heteroatoms. The van der Waals surface area contributed by atoms with Gasteiger partial charge in [-0.05, 0) is 6.07 Å². The highest BCUT2D eigenvalue weighted by atomic mass is 16.3. The van der Waals surface area contributed by atoms with Crippen LogP contribution in [0.1, 0.15) is 5.56 Å². The molecule has 0 radical (unpaired) electrons. The van der Waals surface area contributed by atoms with Crippen molar-refractivity contribution in [2.45, 2.75) is 12.6 Å². The summed E-state index contributed by atoms with van der Waals surface area (Å²) in [4.78, 5) is 15.8. The van der Waals surface area contributed by atoms with Gasteiger partial charge in [-0.1, -0.05) is 6.07 Å². The first kappa shape index (κ1) is 14.6. The number of rotatable bonds is 3. The lowest BCUT2D eigenvalue weighted by Gasteiger charge is -2.36. The van der Waals surface area contributed by atoms with Crippen molar-refractivity contribution in [1.82, 2.24) is 15.1 Å². The zero-order chi connectivity index (χ0) is 14.7. The van der Waals surface area contributed by atoms with Crippen LogP contribution in [0, 0.1) is 0 Å². The molecule has 0 aliphatic carbocycles. The lowest BCUT2D eigenvalue weighted by Crippen LogP contribution is -2.57. The van der Waals surface area contributed by atoms with Crippen molar-refractivity contribution in [2.75, 3.05) is 33.7 Å². The zero-order valence-corrected chi connectivity index (χ0v) is 11.8. The van der Waals surface area contributed by atoms with Crippen LogP contribution in [0.5, 0.6) is 11.5 Å². The Hall–Kier alpha value is -1.79. The number of hydrogen-bond acceptors (Lipinski definition) is 5. The predicted molar refractivity (Wildman–Crippen MR) is 75.5 cm³/mol. The standard InChI is InChI=1S/C14H21N3O3/c1-16(2)14(20)12-8-15-5-6-17(12)9-10-3-4-11(18)7-13(10)19/h3-4,7,12,15,18-19H,5-6,8-9H2,1-2H3. The van der Waals surface area contributed by atoms with Gasteiger partial charge in [0.15, 0.2) is 0 Å². The van der Waals surface area contributed by atoms with Crippen LogP contribution < -0.4 is 5.32 Å². The second kappa shape index (κ2) is 6.11. The number of nitrogens with zero attached hydrogens (tertiary/aromatic N) is 2. The Kier molecular flexibility index (Phi) is 4.46. The molecule has 1 aromatic carbocycles. The maximum absolute atomic E-state index is 12.2. The first-order valence-corrected chi connectivity index (χ1v) is 6.66. The van der Waals surface area contributed by atoms with Gasteiger partial charge in [-0.3, -0.25) is 9.69 Å². The molecule has 1 aromatic rings. The van der Waals surface area contributed by atoms with E-state index in [0.717, 1.165) is 13.1 Å². The van der Waals surface area contributed by atoms with Gasteiger partial charge in [0.2, 0.25) is 5.91 Å². The van der Waals surface area contributed by atoms with E-state index in [1.165, 1.54) is 6.07 Å². The van der Waals surface area contributed by atoms with Gasteiger partial charge in [0.05, 0.1) is 0 Å². The second-order valence-corrected chi connectivity index (χ2v) is 5.24. The molecule has 3 N–H and O–H groups in total. The van der Waals surface area contributed by atoms with Crippen LogP contribution in [0.2, 0.25) is 0 Å². The molecule has 1 heterocycles. The van der Waals surface area contributed by atoms with Gasteiger partial charge in [0.1, 0.15) is 17.5 Å². The summed E-state index contributed by atoms with van der Waals surface area (Å²) in [6.45, 7) is 2.65. The average molecular weight is 279 g/mol. The average Bonchev–Trinajstić information content (AvgIpc) is 2.41. The van der Waals surface area contributed by atoms with Crippen molar-refractivity contribution in [3.63, 3.8) is 0 Å². The molecule has 1 atom stereocenters. The normalized spacial score (nSPS) is 19.8. The number of carbonyl (C=O) groups excluding carboxylic acids is 1. The minimum atomic E-state index is -0.230. The molecule has 2 rings (SSSR count). The van der Waals surface area contributed by atoms with Gasteiger partial charge in [-0.2, -0.15) is 0 Å². The number of amides is 1. The summed E-state index contributed by atoms with van der Waals surface area (Å²) in [6, 6.07) is 4.32. The van der Waals surface area contributed by atoms with Crippen LogP contribution >= 0.6 is 0 Å². The maximum atomic E-state index is 12.2. The summed E-state index contributed by atoms with van der Waals surface area (Å²) in [5.74, 6) is 0.141. The molecular formula is C14H21N3O3. The molecule has 0 saturated carbocycles. The van der Waals surface area contributed by atoms with Gasteiger partial charge >= 0.3 is 0 Å². The van der Waals surface area contributed by atoms with Gasteiger partial charge in [0, 0.05) is 51.9 Å². The molecule has 1 aliphatic heterocycles. The number of piperazine rings is 1. The maximum Gasteiger partial charge on any atom is 0.240 e. The van der Waals surface area contributed by atoms with Crippen LogP contribution in [-0.2, 0) is 11.3 Å². The molecule has 1 aliphatic rings. The van der Waals surface area contributed by atoms with E-state index in [0.29, 0.717) is 18.7 Å². The molecule has 1 saturated heterocycles. The van der Waals surface area contributed by atoms with Crippen molar-refractivity contribution < 1.29 is 15.0 Å². The van der Waals surface area contributed by atoms with Crippen LogP contribution in [0.3, 0.4) is 0 Å². The topological polar surface area (TPSA) is 76.0 Å². The SMILES string of the molecule is CN(C)C(=O)C1CNCCN1Cc1ccc(O)cc1O. The number of phenols is 2. The highest BCUT2D eigenvalue weighted by molar-refractivity contribution is 5.81. The lowest BCUT2D eigenvalue weighted by molar-refractivity contribution is -0.135. The molecular weight excluding hydrogens is 258 g/mol. The Labute approximate surface area is 118 Å². The summed E-state index contributed by atoms with van der Waals surface area (Å²) in [5, 5.41) is 22.4. The third kappa shape index (κ3) is 3.20. The van der Waals surface area contributed by atoms with E-state index in [2.05, 4.69) is 5.32 Å². The van der Waals surface area contributed by atoms with E-state index in [1.54, 1.807) is 31.1 Å². The Bertz CT molecular complexity index is 491. The second-order valence-electron chi connectivity index (χ2n) is 5.24. The minimum Gasteiger partial charge on any atom is -0.508 e. The fourth-order valence-corrected chi connectivity index (χ4v) is 2.38. The van der Waals surface area contributed by atoms with Crippen molar-refractivity contribution in [3.05, 3.63) is 23.8 Å². The van der Waals surface area contributed by atoms with Crippen LogP contribution in [-0.4, -0.2) is 65.7 Å². The number of hydrogen-bond donors (Lipinski definition) is 3. The molecule has 1 amide bonds. The van der Waals surface area contributed by atoms with Crippen molar-refractivity contribution >= 4 is 5.91 Å². The van der Waals surface area contributed by atoms with Crippen LogP contribution in [0.4, 0.5) is 0 Å². The van der Waals surface area contributed by atoms with E-state index in [4.69, 9.17) is 0 Å². The molecule has 1 unspecified atom stereocenters. The molecule has 1 fully saturated rings. The van der Waals surface area contributed by atoms with E-state index >= 15 is 0 Å². The summed E-state index contributed by atoms with van der Waals surface area (Å²) < 4.78 is 0. The van der Waals surface area contributed by atoms with Gasteiger partial charge in [0.25, 0.3) is 0 Å². The zero-order valence-electron chi connectivity index (χ0n) is 11.8. The number of carbonyl (C=O) groups is 1. The third-order valence-electron chi connectivity index (χ3n) is 3.52. The third-order valence-corrected chi connectivity index (χ3v) is 3.52. The highest BCUT2D eigenvalue weighted by Crippen LogP contribution is 2.24. The molecule has 0 spiro atoms. The Balaban J connectivity index is 2.14. The largest absolute Gasteiger partial charge is 0.508 e. The lowest BCUT2D eigenvalue weighted by atomic mass is 10.1. The van der Waals surface area contributed by atoms with Crippen molar-refractivity contribution in [1.29, 1.82) is 0 Å². The van der Waals surface area contributed by atoms with Crippen molar-refractivity contribution in [2.24, 2.45) is 0 Å². The van der Waals surface area contributed by atoms with E-state index < -0.39 is 0 Å². The molecule has 110 valence electrons. The summed E-state index contributed by atoms with van der Waals surface area (Å²) >= 11 is 0. The molecule has 0 aromatic heterocycles. The first-order chi connectivity index (χ1) is 9.49. The number of phenolic OH excluding ortho intramolecular Hbond substituents is 2. The van der Waals surface area contributed by atoms with Crippen LogP contribution in [0.15, 0.2) is 18.2 Å². The van der Waals surface area contributed by atoms with Gasteiger partial charge in [-0.25, -0.2) is 0 Å². The Morgan fingerprint density at radius 3 is 2.85 bits per heavy atom. The Morgan fingerprint density at radius 1 is 1.45 bits per heavy atom. The number of aromatic hydroxyl groups is 2. The minimum absolute atomic E-state index is 0.0347. The fraction of sp³-hybridized carbons (Fsp3) is 0.500. The van der Waals surface area contributed by atoms with E-state index in [1.807, 2.05) is 4.90 Å². The smallest absolute Gasteiger partial charge is 0.240 e. The summed E-state index contributed by atoms with van der Waals surface area (Å²) in [6.07, 6.45) is 0. The van der Waals surface area contributed by atoms with E-state index in [-0.39, 0.29) is 23.4 Å².